The second kappa shape index (κ2) is 4.99. The SMILES string of the molecule is CC(=O)NC(c1ccccc1)C(C)(C)C(=O)O. The summed E-state index contributed by atoms with van der Waals surface area (Å²) in [6.07, 6.45) is 0. The lowest BCUT2D eigenvalue weighted by Crippen LogP contribution is -2.41. The quantitative estimate of drug-likeness (QED) is 0.838. The van der Waals surface area contributed by atoms with Crippen LogP contribution in [-0.4, -0.2) is 17.0 Å². The summed E-state index contributed by atoms with van der Waals surface area (Å²) in [5.41, 5.74) is -0.275. The average molecular weight is 235 g/mol. The third kappa shape index (κ3) is 3.06. The highest BCUT2D eigenvalue weighted by Crippen LogP contribution is 2.33. The summed E-state index contributed by atoms with van der Waals surface area (Å²) in [5.74, 6) is -1.19. The summed E-state index contributed by atoms with van der Waals surface area (Å²) in [4.78, 5) is 22.5. The van der Waals surface area contributed by atoms with Gasteiger partial charge in [0.25, 0.3) is 0 Å². The van der Waals surface area contributed by atoms with Crippen LogP contribution in [0.15, 0.2) is 30.3 Å². The molecule has 0 bridgehead atoms. The Hall–Kier alpha value is -1.84. The summed E-state index contributed by atoms with van der Waals surface area (Å²) in [6.45, 7) is 4.58. The molecule has 17 heavy (non-hydrogen) atoms. The van der Waals surface area contributed by atoms with Gasteiger partial charge in [0.15, 0.2) is 0 Å². The molecule has 2 N–H and O–H groups in total. The monoisotopic (exact) mass is 235 g/mol. The largest absolute Gasteiger partial charge is 0.481 e. The predicted molar refractivity (Wildman–Crippen MR) is 64.4 cm³/mol. The molecule has 4 heteroatoms. The molecule has 1 atom stereocenters. The van der Waals surface area contributed by atoms with E-state index in [0.717, 1.165) is 5.56 Å². The normalized spacial score (nSPS) is 12.9. The lowest BCUT2D eigenvalue weighted by molar-refractivity contribution is -0.149. The number of aliphatic carboxylic acids is 1. The first-order valence-corrected chi connectivity index (χ1v) is 5.41. The van der Waals surface area contributed by atoms with Gasteiger partial charge in [-0.15, -0.1) is 0 Å². The lowest BCUT2D eigenvalue weighted by atomic mass is 9.80. The minimum absolute atomic E-state index is 0.242. The first kappa shape index (κ1) is 13.2. The Kier molecular flexibility index (Phi) is 3.89. The molecular weight excluding hydrogens is 218 g/mol. The fourth-order valence-electron chi connectivity index (χ4n) is 1.65. The molecule has 0 aromatic heterocycles. The van der Waals surface area contributed by atoms with Crippen molar-refractivity contribution in [2.75, 3.05) is 0 Å². The maximum Gasteiger partial charge on any atom is 0.311 e. The summed E-state index contributed by atoms with van der Waals surface area (Å²) in [7, 11) is 0. The molecule has 1 rings (SSSR count). The number of carboxylic acid groups (broad SMARTS) is 1. The van der Waals surface area contributed by atoms with E-state index in [1.54, 1.807) is 13.8 Å². The first-order chi connectivity index (χ1) is 7.85. The Labute approximate surface area is 101 Å². The van der Waals surface area contributed by atoms with Crippen LogP contribution in [0, 0.1) is 5.41 Å². The molecule has 0 aliphatic rings. The van der Waals surface area contributed by atoms with Crippen LogP contribution in [0.25, 0.3) is 0 Å². The van der Waals surface area contributed by atoms with Gasteiger partial charge in [-0.25, -0.2) is 0 Å². The highest BCUT2D eigenvalue weighted by atomic mass is 16.4. The minimum atomic E-state index is -1.06. The van der Waals surface area contributed by atoms with Crippen LogP contribution in [0.5, 0.6) is 0 Å². The van der Waals surface area contributed by atoms with E-state index in [1.165, 1.54) is 6.92 Å². The van der Waals surface area contributed by atoms with Crippen molar-refractivity contribution in [2.24, 2.45) is 5.41 Å². The minimum Gasteiger partial charge on any atom is -0.481 e. The van der Waals surface area contributed by atoms with E-state index >= 15 is 0 Å². The van der Waals surface area contributed by atoms with Crippen LogP contribution in [0.1, 0.15) is 32.4 Å². The smallest absolute Gasteiger partial charge is 0.311 e. The molecule has 1 unspecified atom stereocenters. The van der Waals surface area contributed by atoms with Crippen LogP contribution in [-0.2, 0) is 9.59 Å². The Morgan fingerprint density at radius 3 is 2.18 bits per heavy atom. The molecule has 92 valence electrons. The molecule has 1 aromatic rings. The zero-order valence-corrected chi connectivity index (χ0v) is 10.2. The molecule has 0 fully saturated rings. The summed E-state index contributed by atoms with van der Waals surface area (Å²) in [5, 5.41) is 11.9. The fourth-order valence-corrected chi connectivity index (χ4v) is 1.65. The molecule has 0 saturated carbocycles. The zero-order valence-electron chi connectivity index (χ0n) is 10.2. The summed E-state index contributed by atoms with van der Waals surface area (Å²) >= 11 is 0. The fraction of sp³-hybridized carbons (Fsp3) is 0.385. The standard InChI is InChI=1S/C13H17NO3/c1-9(15)14-11(13(2,3)12(16)17)10-7-5-4-6-8-10/h4-8,11H,1-3H3,(H,14,15)(H,16,17). The van der Waals surface area contributed by atoms with Gasteiger partial charge in [-0.2, -0.15) is 0 Å². The number of hydrogen-bond donors (Lipinski definition) is 2. The molecule has 0 aliphatic heterocycles. The zero-order chi connectivity index (χ0) is 13.1. The molecule has 4 nitrogen and oxygen atoms in total. The van der Waals surface area contributed by atoms with Crippen molar-refractivity contribution in [1.29, 1.82) is 0 Å². The third-order valence-electron chi connectivity index (χ3n) is 2.75. The van der Waals surface area contributed by atoms with E-state index < -0.39 is 17.4 Å². The highest BCUT2D eigenvalue weighted by molar-refractivity contribution is 5.78. The Bertz CT molecular complexity index is 412. The van der Waals surface area contributed by atoms with Gasteiger partial charge in [-0.05, 0) is 19.4 Å². The van der Waals surface area contributed by atoms with Crippen molar-refractivity contribution < 1.29 is 14.7 Å². The second-order valence-electron chi connectivity index (χ2n) is 4.57. The Morgan fingerprint density at radius 2 is 1.76 bits per heavy atom. The topological polar surface area (TPSA) is 66.4 Å². The van der Waals surface area contributed by atoms with Crippen molar-refractivity contribution in [1.82, 2.24) is 5.32 Å². The maximum atomic E-state index is 11.3. The van der Waals surface area contributed by atoms with Crippen LogP contribution < -0.4 is 5.32 Å². The van der Waals surface area contributed by atoms with Crippen molar-refractivity contribution in [3.8, 4) is 0 Å². The molecule has 0 saturated heterocycles. The van der Waals surface area contributed by atoms with E-state index in [-0.39, 0.29) is 5.91 Å². The van der Waals surface area contributed by atoms with Crippen molar-refractivity contribution >= 4 is 11.9 Å². The summed E-state index contributed by atoms with van der Waals surface area (Å²) in [6, 6.07) is 8.57. The molecular formula is C13H17NO3. The predicted octanol–water partition coefficient (Wildman–Crippen LogP) is 1.97. The number of carbonyl (C=O) groups is 2. The number of rotatable bonds is 4. The van der Waals surface area contributed by atoms with Gasteiger partial charge in [-0.1, -0.05) is 30.3 Å². The average Bonchev–Trinajstić information content (AvgIpc) is 2.26. The number of hydrogen-bond acceptors (Lipinski definition) is 2. The molecule has 1 amide bonds. The van der Waals surface area contributed by atoms with E-state index in [9.17, 15) is 14.7 Å². The number of benzene rings is 1. The van der Waals surface area contributed by atoms with Crippen LogP contribution in [0.3, 0.4) is 0 Å². The van der Waals surface area contributed by atoms with Gasteiger partial charge in [0.2, 0.25) is 5.91 Å². The molecule has 1 aromatic carbocycles. The van der Waals surface area contributed by atoms with Crippen molar-refractivity contribution in [3.05, 3.63) is 35.9 Å². The van der Waals surface area contributed by atoms with Crippen LogP contribution >= 0.6 is 0 Å². The van der Waals surface area contributed by atoms with E-state index in [1.807, 2.05) is 30.3 Å². The molecule has 0 aliphatic carbocycles. The molecule has 0 heterocycles. The van der Waals surface area contributed by atoms with Crippen molar-refractivity contribution in [3.63, 3.8) is 0 Å². The molecule has 0 radical (unpaired) electrons. The first-order valence-electron chi connectivity index (χ1n) is 5.41. The van der Waals surface area contributed by atoms with Gasteiger partial charge < -0.3 is 10.4 Å². The van der Waals surface area contributed by atoms with Gasteiger partial charge >= 0.3 is 5.97 Å². The van der Waals surface area contributed by atoms with Crippen LogP contribution in [0.4, 0.5) is 0 Å². The van der Waals surface area contributed by atoms with E-state index in [2.05, 4.69) is 5.32 Å². The van der Waals surface area contributed by atoms with E-state index in [0.29, 0.717) is 0 Å². The summed E-state index contributed by atoms with van der Waals surface area (Å²) < 4.78 is 0. The Morgan fingerprint density at radius 1 is 1.24 bits per heavy atom. The van der Waals surface area contributed by atoms with E-state index in [4.69, 9.17) is 0 Å². The Balaban J connectivity index is 3.13. The number of nitrogens with one attached hydrogen (secondary N) is 1. The van der Waals surface area contributed by atoms with Gasteiger partial charge in [0, 0.05) is 6.92 Å². The van der Waals surface area contributed by atoms with Crippen molar-refractivity contribution in [2.45, 2.75) is 26.8 Å². The lowest BCUT2D eigenvalue weighted by Gasteiger charge is -2.31. The highest BCUT2D eigenvalue weighted by Gasteiger charge is 2.38. The number of carbonyl (C=O) groups excluding carboxylic acids is 1. The maximum absolute atomic E-state index is 11.3. The number of amides is 1. The van der Waals surface area contributed by atoms with Crippen LogP contribution in [0.2, 0.25) is 0 Å². The van der Waals surface area contributed by atoms with Gasteiger partial charge in [-0.3, -0.25) is 9.59 Å². The molecule has 0 spiro atoms. The third-order valence-corrected chi connectivity index (χ3v) is 2.75. The van der Waals surface area contributed by atoms with Gasteiger partial charge in [0.05, 0.1) is 11.5 Å². The number of carboxylic acids is 1. The van der Waals surface area contributed by atoms with Gasteiger partial charge in [0.1, 0.15) is 0 Å². The second-order valence-corrected chi connectivity index (χ2v) is 4.57.